The van der Waals surface area contributed by atoms with Crippen LogP contribution in [0.25, 0.3) is 66.4 Å². The minimum atomic E-state index is -0.151. The van der Waals surface area contributed by atoms with Crippen molar-refractivity contribution in [2.75, 3.05) is 4.90 Å². The van der Waals surface area contributed by atoms with Crippen molar-refractivity contribution in [3.05, 3.63) is 258 Å². The van der Waals surface area contributed by atoms with Gasteiger partial charge in [0.1, 0.15) is 0 Å². The summed E-state index contributed by atoms with van der Waals surface area (Å²) >= 11 is 0. The first-order valence-electron chi connectivity index (χ1n) is 22.1. The molecule has 1 atom stereocenters. The summed E-state index contributed by atoms with van der Waals surface area (Å²) in [5.41, 5.74) is 22.5. The summed E-state index contributed by atoms with van der Waals surface area (Å²) in [4.78, 5) is 2.55. The second kappa shape index (κ2) is 14.7. The third kappa shape index (κ3) is 5.99. The van der Waals surface area contributed by atoms with Gasteiger partial charge in [-0.3, -0.25) is 0 Å². The first-order chi connectivity index (χ1) is 31.0. The van der Waals surface area contributed by atoms with Crippen LogP contribution >= 0.6 is 0 Å². The van der Waals surface area contributed by atoms with Crippen molar-refractivity contribution in [2.45, 2.75) is 25.2 Å². The molecule has 0 N–H and O–H groups in total. The van der Waals surface area contributed by atoms with E-state index in [2.05, 4.69) is 249 Å². The molecule has 63 heavy (non-hydrogen) atoms. The maximum atomic E-state index is 2.55. The van der Waals surface area contributed by atoms with Gasteiger partial charge in [0.2, 0.25) is 0 Å². The Balaban J connectivity index is 1.09. The lowest BCUT2D eigenvalue weighted by molar-refractivity contribution is 0.660. The van der Waals surface area contributed by atoms with E-state index in [9.17, 15) is 0 Å². The highest BCUT2D eigenvalue weighted by atomic mass is 15.1. The molecule has 2 aliphatic rings. The highest BCUT2D eigenvalue weighted by molar-refractivity contribution is 6.03. The third-order valence-electron chi connectivity index (χ3n) is 13.8. The van der Waals surface area contributed by atoms with Gasteiger partial charge in [-0.2, -0.15) is 0 Å². The van der Waals surface area contributed by atoms with Crippen molar-refractivity contribution in [2.24, 2.45) is 0 Å². The first-order valence-corrected chi connectivity index (χ1v) is 22.1. The third-order valence-corrected chi connectivity index (χ3v) is 13.8. The average molecular weight is 804 g/mol. The van der Waals surface area contributed by atoms with E-state index in [-0.39, 0.29) is 11.3 Å². The summed E-state index contributed by atoms with van der Waals surface area (Å²) < 4.78 is 0. The minimum Gasteiger partial charge on any atom is -0.309 e. The van der Waals surface area contributed by atoms with E-state index >= 15 is 0 Å². The SMILES string of the molecule is CC1(C)c2ccccc2-c2ccc(N(c3ccccc3-c3ccc(-c4ccccc4)cc3)c3cccc4c3-c3ccc5ccccc5c3C4c3ccc(-c4ccccc4)cc3)cc21. The van der Waals surface area contributed by atoms with Gasteiger partial charge < -0.3 is 4.90 Å². The Bertz CT molecular complexity index is 3340. The lowest BCUT2D eigenvalue weighted by atomic mass is 9.82. The van der Waals surface area contributed by atoms with Crippen LogP contribution in [0.3, 0.4) is 0 Å². The highest BCUT2D eigenvalue weighted by Crippen LogP contribution is 2.57. The van der Waals surface area contributed by atoms with Crippen LogP contribution < -0.4 is 4.90 Å². The van der Waals surface area contributed by atoms with E-state index in [0.29, 0.717) is 0 Å². The fourth-order valence-corrected chi connectivity index (χ4v) is 10.7. The fraction of sp³-hybridized carbons (Fsp3) is 0.0645. The molecule has 0 saturated heterocycles. The Labute approximate surface area is 370 Å². The molecular formula is C62H45N. The second-order valence-electron chi connectivity index (χ2n) is 17.6. The predicted molar refractivity (Wildman–Crippen MR) is 265 cm³/mol. The van der Waals surface area contributed by atoms with Gasteiger partial charge in [0, 0.05) is 28.1 Å². The largest absolute Gasteiger partial charge is 0.309 e. The predicted octanol–water partition coefficient (Wildman–Crippen LogP) is 16.8. The number of hydrogen-bond acceptors (Lipinski definition) is 1. The molecule has 1 nitrogen and oxygen atoms in total. The molecule has 0 amide bonds. The molecule has 0 saturated carbocycles. The Hall–Kier alpha value is -7.74. The van der Waals surface area contributed by atoms with Crippen LogP contribution in [-0.2, 0) is 5.41 Å². The molecule has 0 spiro atoms. The van der Waals surface area contributed by atoms with Crippen LogP contribution in [0.2, 0.25) is 0 Å². The molecule has 0 aliphatic heterocycles. The van der Waals surface area contributed by atoms with E-state index in [1.165, 1.54) is 99.9 Å². The van der Waals surface area contributed by atoms with Crippen molar-refractivity contribution in [3.8, 4) is 55.6 Å². The molecule has 2 aliphatic carbocycles. The van der Waals surface area contributed by atoms with Crippen molar-refractivity contribution in [3.63, 3.8) is 0 Å². The molecule has 10 aromatic rings. The molecule has 0 fully saturated rings. The summed E-state index contributed by atoms with van der Waals surface area (Å²) in [7, 11) is 0. The quantitative estimate of drug-likeness (QED) is 0.155. The molecule has 0 aromatic heterocycles. The maximum Gasteiger partial charge on any atom is 0.0543 e. The molecule has 0 bridgehead atoms. The van der Waals surface area contributed by atoms with Crippen LogP contribution in [0.15, 0.2) is 231 Å². The lowest BCUT2D eigenvalue weighted by Crippen LogP contribution is -2.17. The number of nitrogens with zero attached hydrogens (tertiary/aromatic N) is 1. The Morgan fingerprint density at radius 3 is 1.68 bits per heavy atom. The number of fused-ring (bicyclic) bond motifs is 8. The standard InChI is InChI=1S/C62H45N/c1-62(2)55-25-13-11-23-51(55)52-39-37-48(40-56(52)62)63(57-26-14-12-21-49(57)46-32-28-43(29-33-46)41-16-5-3-6-17-41)58-27-15-24-53-59(47-34-30-44(31-35-47)42-18-7-4-8-19-42)61-50-22-10-9-20-45(50)36-38-54(61)60(53)58/h3-40,59H,1-2H3. The van der Waals surface area contributed by atoms with Crippen molar-refractivity contribution < 1.29 is 0 Å². The van der Waals surface area contributed by atoms with E-state index < -0.39 is 0 Å². The van der Waals surface area contributed by atoms with E-state index in [4.69, 9.17) is 0 Å². The maximum absolute atomic E-state index is 2.55. The van der Waals surface area contributed by atoms with Crippen molar-refractivity contribution in [1.29, 1.82) is 0 Å². The lowest BCUT2D eigenvalue weighted by Gasteiger charge is -2.31. The molecule has 298 valence electrons. The number of anilines is 3. The van der Waals surface area contributed by atoms with Crippen LogP contribution in [0.1, 0.15) is 47.6 Å². The van der Waals surface area contributed by atoms with Gasteiger partial charge in [-0.15, -0.1) is 0 Å². The molecule has 1 unspecified atom stereocenters. The second-order valence-corrected chi connectivity index (χ2v) is 17.6. The molecular weight excluding hydrogens is 759 g/mol. The Morgan fingerprint density at radius 2 is 0.937 bits per heavy atom. The molecule has 12 rings (SSSR count). The first kappa shape index (κ1) is 37.1. The van der Waals surface area contributed by atoms with Gasteiger partial charge in [-0.1, -0.05) is 220 Å². The molecule has 1 heteroatoms. The van der Waals surface area contributed by atoms with Gasteiger partial charge in [-0.25, -0.2) is 0 Å². The van der Waals surface area contributed by atoms with Gasteiger partial charge in [-0.05, 0) is 107 Å². The normalized spacial score (nSPS) is 14.2. The summed E-state index contributed by atoms with van der Waals surface area (Å²) in [6.45, 7) is 4.76. The fourth-order valence-electron chi connectivity index (χ4n) is 10.7. The number of rotatable bonds is 7. The van der Waals surface area contributed by atoms with Gasteiger partial charge in [0.25, 0.3) is 0 Å². The van der Waals surface area contributed by atoms with Gasteiger partial charge in [0.05, 0.1) is 11.4 Å². The van der Waals surface area contributed by atoms with Crippen LogP contribution in [0, 0.1) is 0 Å². The summed E-state index contributed by atoms with van der Waals surface area (Å²) in [5, 5.41) is 2.56. The average Bonchev–Trinajstić information content (AvgIpc) is 3.81. The smallest absolute Gasteiger partial charge is 0.0543 e. The van der Waals surface area contributed by atoms with Crippen molar-refractivity contribution >= 4 is 27.8 Å². The Kier molecular flexibility index (Phi) is 8.66. The topological polar surface area (TPSA) is 3.24 Å². The summed E-state index contributed by atoms with van der Waals surface area (Å²) in [6, 6.07) is 85.5. The molecule has 0 heterocycles. The van der Waals surface area contributed by atoms with Crippen LogP contribution in [0.5, 0.6) is 0 Å². The zero-order valence-electron chi connectivity index (χ0n) is 35.5. The van der Waals surface area contributed by atoms with Crippen LogP contribution in [-0.4, -0.2) is 0 Å². The number of benzene rings is 10. The molecule has 0 radical (unpaired) electrons. The molecule has 10 aromatic carbocycles. The van der Waals surface area contributed by atoms with E-state index in [1.54, 1.807) is 0 Å². The summed E-state index contributed by atoms with van der Waals surface area (Å²) in [5.74, 6) is 0.0574. The van der Waals surface area contributed by atoms with Crippen LogP contribution in [0.4, 0.5) is 17.1 Å². The van der Waals surface area contributed by atoms with Gasteiger partial charge in [0.15, 0.2) is 0 Å². The number of para-hydroxylation sites is 1. The van der Waals surface area contributed by atoms with Crippen molar-refractivity contribution in [1.82, 2.24) is 0 Å². The zero-order valence-corrected chi connectivity index (χ0v) is 35.5. The highest BCUT2D eigenvalue weighted by Gasteiger charge is 2.38. The summed E-state index contributed by atoms with van der Waals surface area (Å²) in [6.07, 6.45) is 0. The Morgan fingerprint density at radius 1 is 0.381 bits per heavy atom. The van der Waals surface area contributed by atoms with E-state index in [0.717, 1.165) is 11.4 Å². The monoisotopic (exact) mass is 803 g/mol. The number of hydrogen-bond donors (Lipinski definition) is 0. The van der Waals surface area contributed by atoms with E-state index in [1.807, 2.05) is 0 Å². The van der Waals surface area contributed by atoms with Gasteiger partial charge >= 0.3 is 0 Å². The minimum absolute atomic E-state index is 0.0574. The zero-order chi connectivity index (χ0) is 42.1.